The van der Waals surface area contributed by atoms with Gasteiger partial charge in [0.15, 0.2) is 11.5 Å². The van der Waals surface area contributed by atoms with Gasteiger partial charge in [-0.3, -0.25) is 14.5 Å². The molecule has 1 unspecified atom stereocenters. The van der Waals surface area contributed by atoms with Gasteiger partial charge in [0.05, 0.1) is 5.92 Å². The third kappa shape index (κ3) is 4.09. The molecule has 3 N–H and O–H groups in total. The van der Waals surface area contributed by atoms with Gasteiger partial charge >= 0.3 is 0 Å². The molecule has 3 heterocycles. The predicted molar refractivity (Wildman–Crippen MR) is 132 cm³/mol. The number of guanidine groups is 1. The van der Waals surface area contributed by atoms with Crippen molar-refractivity contribution >= 4 is 17.8 Å². The molecule has 0 radical (unpaired) electrons. The van der Waals surface area contributed by atoms with Crippen LogP contribution in [0, 0.1) is 11.8 Å². The van der Waals surface area contributed by atoms with Crippen LogP contribution in [0.15, 0.2) is 65.7 Å². The molecule has 0 saturated carbocycles. The van der Waals surface area contributed by atoms with E-state index >= 15 is 0 Å². The first-order chi connectivity index (χ1) is 16.6. The molecular weight excluding hydrogens is 426 g/mol. The van der Waals surface area contributed by atoms with Gasteiger partial charge in [-0.1, -0.05) is 60.7 Å². The average molecular weight is 460 g/mol. The van der Waals surface area contributed by atoms with E-state index in [0.29, 0.717) is 6.54 Å². The summed E-state index contributed by atoms with van der Waals surface area (Å²) in [6.45, 7) is 3.80. The van der Waals surface area contributed by atoms with Crippen LogP contribution in [0.5, 0.6) is 0 Å². The molecule has 7 nitrogen and oxygen atoms in total. The summed E-state index contributed by atoms with van der Waals surface area (Å²) < 4.78 is 0. The van der Waals surface area contributed by atoms with Gasteiger partial charge in [-0.25, -0.2) is 4.99 Å². The van der Waals surface area contributed by atoms with Crippen LogP contribution in [0.1, 0.15) is 36.8 Å². The van der Waals surface area contributed by atoms with E-state index < -0.39 is 5.54 Å². The fraction of sp³-hybridized carbons (Fsp3) is 0.444. The number of nitrogens with one attached hydrogen (secondary N) is 1. The second-order valence-electron chi connectivity index (χ2n) is 9.64. The van der Waals surface area contributed by atoms with E-state index in [1.807, 2.05) is 65.6 Å². The van der Waals surface area contributed by atoms with Crippen molar-refractivity contribution in [3.63, 3.8) is 0 Å². The lowest BCUT2D eigenvalue weighted by Crippen LogP contribution is -2.49. The molecule has 2 amide bonds. The molecule has 2 aromatic carbocycles. The minimum Gasteiger partial charge on any atom is -0.369 e. The number of amides is 2. The van der Waals surface area contributed by atoms with Crippen LogP contribution < -0.4 is 11.1 Å². The van der Waals surface area contributed by atoms with Gasteiger partial charge in [-0.15, -0.1) is 0 Å². The highest BCUT2D eigenvalue weighted by Crippen LogP contribution is 2.40. The Morgan fingerprint density at radius 3 is 2.18 bits per heavy atom. The molecule has 2 saturated heterocycles. The van der Waals surface area contributed by atoms with Crippen molar-refractivity contribution in [1.29, 1.82) is 0 Å². The van der Waals surface area contributed by atoms with Gasteiger partial charge in [0.1, 0.15) is 0 Å². The number of carbonyl (C=O) groups excluding carboxylic acids is 2. The number of carbonyl (C=O) groups is 2. The molecule has 178 valence electrons. The SMILES string of the molecule is NC1=NC(c2ccccc2)(c2ccccc2)C(=O)N1CC1CCN(C(=O)C2CCCNC2)CC1. The fourth-order valence-electron chi connectivity index (χ4n) is 5.57. The Balaban J connectivity index is 1.30. The lowest BCUT2D eigenvalue weighted by atomic mass is 9.82. The van der Waals surface area contributed by atoms with Gasteiger partial charge in [-0.05, 0) is 49.3 Å². The van der Waals surface area contributed by atoms with Crippen molar-refractivity contribution in [2.75, 3.05) is 32.7 Å². The number of likely N-dealkylation sites (tertiary alicyclic amines) is 1. The summed E-state index contributed by atoms with van der Waals surface area (Å²) >= 11 is 0. The van der Waals surface area contributed by atoms with E-state index in [0.717, 1.165) is 63.0 Å². The van der Waals surface area contributed by atoms with Gasteiger partial charge in [0, 0.05) is 26.2 Å². The van der Waals surface area contributed by atoms with E-state index in [1.54, 1.807) is 4.90 Å². The number of nitrogens with two attached hydrogens (primary N) is 1. The standard InChI is InChI=1S/C27H33N5O2/c28-26-30-27(22-9-3-1-4-10-22,23-11-5-2-6-12-23)25(34)32(26)19-20-13-16-31(17-14-20)24(33)21-8-7-15-29-18-21/h1-6,9-12,20-21,29H,7-8,13-19H2,(H2,28,30). The molecule has 0 bridgehead atoms. The Bertz CT molecular complexity index is 1000. The number of aliphatic imine (C=N–C) groups is 1. The first kappa shape index (κ1) is 22.6. The summed E-state index contributed by atoms with van der Waals surface area (Å²) in [5, 5.41) is 3.34. The van der Waals surface area contributed by atoms with Crippen LogP contribution in [0.3, 0.4) is 0 Å². The van der Waals surface area contributed by atoms with E-state index in [4.69, 9.17) is 10.7 Å². The van der Waals surface area contributed by atoms with E-state index in [-0.39, 0.29) is 29.6 Å². The third-order valence-corrected chi connectivity index (χ3v) is 7.51. The maximum atomic E-state index is 14.0. The molecule has 0 spiro atoms. The number of benzene rings is 2. The summed E-state index contributed by atoms with van der Waals surface area (Å²) in [6.07, 6.45) is 3.77. The number of nitrogens with zero attached hydrogens (tertiary/aromatic N) is 3. The second kappa shape index (κ2) is 9.58. The molecule has 2 aromatic rings. The summed E-state index contributed by atoms with van der Waals surface area (Å²) in [7, 11) is 0. The summed E-state index contributed by atoms with van der Waals surface area (Å²) in [5.41, 5.74) is 6.87. The highest BCUT2D eigenvalue weighted by molar-refractivity contribution is 6.09. The van der Waals surface area contributed by atoms with Crippen molar-refractivity contribution in [2.45, 2.75) is 31.2 Å². The minimum atomic E-state index is -1.16. The van der Waals surface area contributed by atoms with Crippen molar-refractivity contribution < 1.29 is 9.59 Å². The molecule has 2 fully saturated rings. The van der Waals surface area contributed by atoms with Crippen LogP contribution in [0.4, 0.5) is 0 Å². The van der Waals surface area contributed by atoms with Crippen LogP contribution in [0.25, 0.3) is 0 Å². The third-order valence-electron chi connectivity index (χ3n) is 7.51. The topological polar surface area (TPSA) is 91.0 Å². The molecular formula is C27H33N5O2. The Kier molecular flexibility index (Phi) is 6.37. The summed E-state index contributed by atoms with van der Waals surface area (Å²) in [5.74, 6) is 0.828. The van der Waals surface area contributed by atoms with Crippen LogP contribution in [0.2, 0.25) is 0 Å². The van der Waals surface area contributed by atoms with Gasteiger partial charge in [0.25, 0.3) is 5.91 Å². The quantitative estimate of drug-likeness (QED) is 0.718. The zero-order chi connectivity index (χ0) is 23.5. The Hall–Kier alpha value is -3.19. The normalized spacial score (nSPS) is 23.1. The fourth-order valence-corrected chi connectivity index (χ4v) is 5.57. The number of hydrogen-bond acceptors (Lipinski definition) is 5. The van der Waals surface area contributed by atoms with Crippen molar-refractivity contribution in [3.05, 3.63) is 71.8 Å². The van der Waals surface area contributed by atoms with Gasteiger partial charge < -0.3 is 16.0 Å². The predicted octanol–water partition coefficient (Wildman–Crippen LogP) is 2.33. The summed E-state index contributed by atoms with van der Waals surface area (Å²) in [4.78, 5) is 35.3. The zero-order valence-corrected chi connectivity index (χ0v) is 19.5. The number of hydrogen-bond donors (Lipinski definition) is 2. The zero-order valence-electron chi connectivity index (χ0n) is 19.5. The lowest BCUT2D eigenvalue weighted by Gasteiger charge is -2.36. The van der Waals surface area contributed by atoms with E-state index in [1.165, 1.54) is 0 Å². The van der Waals surface area contributed by atoms with Crippen molar-refractivity contribution in [2.24, 2.45) is 22.6 Å². The average Bonchev–Trinajstić information content (AvgIpc) is 3.16. The lowest BCUT2D eigenvalue weighted by molar-refractivity contribution is -0.138. The van der Waals surface area contributed by atoms with Crippen molar-refractivity contribution in [3.8, 4) is 0 Å². The maximum absolute atomic E-state index is 14.0. The smallest absolute Gasteiger partial charge is 0.266 e. The molecule has 7 heteroatoms. The molecule has 3 aliphatic rings. The van der Waals surface area contributed by atoms with E-state index in [2.05, 4.69) is 5.32 Å². The van der Waals surface area contributed by atoms with Crippen LogP contribution in [-0.2, 0) is 15.1 Å². The first-order valence-corrected chi connectivity index (χ1v) is 12.4. The molecule has 0 aliphatic carbocycles. The number of piperidine rings is 2. The molecule has 34 heavy (non-hydrogen) atoms. The maximum Gasteiger partial charge on any atom is 0.266 e. The van der Waals surface area contributed by atoms with Crippen molar-refractivity contribution in [1.82, 2.24) is 15.1 Å². The highest BCUT2D eigenvalue weighted by atomic mass is 16.2. The molecule has 0 aromatic heterocycles. The van der Waals surface area contributed by atoms with Gasteiger partial charge in [0.2, 0.25) is 5.91 Å². The molecule has 5 rings (SSSR count). The monoisotopic (exact) mass is 459 g/mol. The Morgan fingerprint density at radius 1 is 1.00 bits per heavy atom. The number of rotatable bonds is 5. The second-order valence-corrected chi connectivity index (χ2v) is 9.64. The summed E-state index contributed by atoms with van der Waals surface area (Å²) in [6, 6.07) is 19.3. The van der Waals surface area contributed by atoms with Crippen LogP contribution >= 0.6 is 0 Å². The highest BCUT2D eigenvalue weighted by Gasteiger charge is 2.51. The minimum absolute atomic E-state index is 0.102. The first-order valence-electron chi connectivity index (χ1n) is 12.4. The van der Waals surface area contributed by atoms with Gasteiger partial charge in [-0.2, -0.15) is 0 Å². The van der Waals surface area contributed by atoms with Crippen LogP contribution in [-0.4, -0.2) is 60.3 Å². The largest absolute Gasteiger partial charge is 0.369 e. The molecule has 3 aliphatic heterocycles. The Labute approximate surface area is 201 Å². The van der Waals surface area contributed by atoms with E-state index in [9.17, 15) is 9.59 Å². The molecule has 1 atom stereocenters. The Morgan fingerprint density at radius 2 is 1.62 bits per heavy atom.